The van der Waals surface area contributed by atoms with Gasteiger partial charge in [0.25, 0.3) is 5.91 Å². The number of nitriles is 1. The summed E-state index contributed by atoms with van der Waals surface area (Å²) >= 11 is 6.45. The van der Waals surface area contributed by atoms with Crippen LogP contribution in [0.15, 0.2) is 60.3 Å². The summed E-state index contributed by atoms with van der Waals surface area (Å²) in [5.41, 5.74) is 2.82. The first-order valence-corrected chi connectivity index (χ1v) is 10.4. The molecule has 0 unspecified atom stereocenters. The number of amides is 1. The second kappa shape index (κ2) is 10.5. The Kier molecular flexibility index (Phi) is 7.47. The molecule has 3 aromatic rings. The Bertz CT molecular complexity index is 1130. The lowest BCUT2D eigenvalue weighted by molar-refractivity contribution is -0.116. The van der Waals surface area contributed by atoms with E-state index in [4.69, 9.17) is 21.4 Å². The third-order valence-corrected chi connectivity index (χ3v) is 4.91. The quantitative estimate of drug-likeness (QED) is 0.306. The molecule has 158 valence electrons. The number of para-hydroxylation sites is 1. The first kappa shape index (κ1) is 22.1. The fourth-order valence-electron chi connectivity index (χ4n) is 2.96. The molecular weight excluding hydrogens is 412 g/mol. The number of halogens is 1. The zero-order valence-electron chi connectivity index (χ0n) is 17.4. The molecule has 7 heteroatoms. The van der Waals surface area contributed by atoms with Crippen molar-refractivity contribution in [2.45, 2.75) is 19.8 Å². The molecule has 3 rings (SSSR count). The monoisotopic (exact) mass is 434 g/mol. The Hall–Kier alpha value is -3.56. The van der Waals surface area contributed by atoms with E-state index in [1.54, 1.807) is 16.9 Å². The van der Waals surface area contributed by atoms with Crippen LogP contribution in [-0.4, -0.2) is 29.3 Å². The summed E-state index contributed by atoms with van der Waals surface area (Å²) < 4.78 is 7.44. The molecule has 0 atom stereocenters. The van der Waals surface area contributed by atoms with Gasteiger partial charge in [-0.3, -0.25) is 4.79 Å². The third kappa shape index (κ3) is 5.33. The lowest BCUT2D eigenvalue weighted by atomic mass is 10.1. The van der Waals surface area contributed by atoms with Gasteiger partial charge in [-0.05, 0) is 42.8 Å². The van der Waals surface area contributed by atoms with Gasteiger partial charge in [-0.15, -0.1) is 0 Å². The van der Waals surface area contributed by atoms with Crippen molar-refractivity contribution in [2.75, 3.05) is 13.7 Å². The van der Waals surface area contributed by atoms with Crippen LogP contribution < -0.4 is 10.1 Å². The van der Waals surface area contributed by atoms with Gasteiger partial charge in [0, 0.05) is 24.4 Å². The van der Waals surface area contributed by atoms with Crippen molar-refractivity contribution in [3.05, 3.63) is 70.9 Å². The van der Waals surface area contributed by atoms with Crippen LogP contribution in [-0.2, 0) is 4.79 Å². The minimum atomic E-state index is -0.460. The number of hydrogen-bond donors (Lipinski definition) is 1. The van der Waals surface area contributed by atoms with Gasteiger partial charge in [0.2, 0.25) is 0 Å². The highest BCUT2D eigenvalue weighted by atomic mass is 35.5. The number of carbonyl (C=O) groups is 1. The van der Waals surface area contributed by atoms with E-state index in [2.05, 4.69) is 12.2 Å². The Morgan fingerprint density at radius 3 is 2.71 bits per heavy atom. The van der Waals surface area contributed by atoms with Crippen molar-refractivity contribution < 1.29 is 9.53 Å². The number of aromatic nitrogens is 2. The first-order chi connectivity index (χ1) is 15.1. The number of benzene rings is 2. The molecule has 0 saturated carbocycles. The van der Waals surface area contributed by atoms with E-state index in [9.17, 15) is 10.1 Å². The van der Waals surface area contributed by atoms with Crippen LogP contribution in [0.5, 0.6) is 5.75 Å². The number of ether oxygens (including phenoxy) is 1. The van der Waals surface area contributed by atoms with E-state index in [0.717, 1.165) is 24.1 Å². The number of carbonyl (C=O) groups excluding carboxylic acids is 1. The van der Waals surface area contributed by atoms with Crippen LogP contribution in [0.25, 0.3) is 23.0 Å². The zero-order chi connectivity index (χ0) is 22.2. The molecular formula is C24H23ClN4O2. The van der Waals surface area contributed by atoms with E-state index in [0.29, 0.717) is 28.6 Å². The lowest BCUT2D eigenvalue weighted by Gasteiger charge is -2.09. The molecule has 1 N–H and O–H groups in total. The van der Waals surface area contributed by atoms with Crippen LogP contribution in [0.1, 0.15) is 25.3 Å². The van der Waals surface area contributed by atoms with Gasteiger partial charge in [0.05, 0.1) is 17.3 Å². The molecule has 1 aromatic heterocycles. The highest BCUT2D eigenvalue weighted by Crippen LogP contribution is 2.32. The molecule has 0 radical (unpaired) electrons. The topological polar surface area (TPSA) is 79.9 Å². The molecule has 0 spiro atoms. The molecule has 1 heterocycles. The maximum Gasteiger partial charge on any atom is 0.261 e. The van der Waals surface area contributed by atoms with Gasteiger partial charge < -0.3 is 10.1 Å². The van der Waals surface area contributed by atoms with E-state index in [1.807, 2.05) is 48.5 Å². The highest BCUT2D eigenvalue weighted by molar-refractivity contribution is 6.32. The summed E-state index contributed by atoms with van der Waals surface area (Å²) in [4.78, 5) is 12.0. The molecule has 0 bridgehead atoms. The van der Waals surface area contributed by atoms with E-state index in [-0.39, 0.29) is 5.57 Å². The Morgan fingerprint density at radius 1 is 1.29 bits per heavy atom. The summed E-state index contributed by atoms with van der Waals surface area (Å²) in [6.07, 6.45) is 5.30. The number of hydrogen-bond acceptors (Lipinski definition) is 4. The largest absolute Gasteiger partial charge is 0.492 e. The highest BCUT2D eigenvalue weighted by Gasteiger charge is 2.16. The molecule has 0 aliphatic rings. The van der Waals surface area contributed by atoms with Crippen molar-refractivity contribution in [3.63, 3.8) is 0 Å². The molecule has 1 amide bonds. The molecule has 31 heavy (non-hydrogen) atoms. The van der Waals surface area contributed by atoms with Crippen molar-refractivity contribution in [1.29, 1.82) is 5.26 Å². The second-order valence-electron chi connectivity index (χ2n) is 6.81. The van der Waals surface area contributed by atoms with Gasteiger partial charge in [-0.25, -0.2) is 4.68 Å². The summed E-state index contributed by atoms with van der Waals surface area (Å²) in [5, 5.41) is 17.1. The van der Waals surface area contributed by atoms with Crippen molar-refractivity contribution in [1.82, 2.24) is 15.1 Å². The maximum absolute atomic E-state index is 12.0. The maximum atomic E-state index is 12.0. The number of likely N-dealkylation sites (N-methyl/N-ethyl adjacent to an activating group) is 1. The smallest absolute Gasteiger partial charge is 0.261 e. The summed E-state index contributed by atoms with van der Waals surface area (Å²) in [7, 11) is 1.48. The number of unbranched alkanes of at least 4 members (excludes halogenated alkanes) is 1. The predicted molar refractivity (Wildman–Crippen MR) is 122 cm³/mol. The van der Waals surface area contributed by atoms with Gasteiger partial charge in [0.1, 0.15) is 23.1 Å². The fraction of sp³-hybridized carbons (Fsp3) is 0.208. The summed E-state index contributed by atoms with van der Waals surface area (Å²) in [5.74, 6) is 0.153. The Labute approximate surface area is 186 Å². The summed E-state index contributed by atoms with van der Waals surface area (Å²) in [6.45, 7) is 2.70. The third-order valence-electron chi connectivity index (χ3n) is 4.62. The minimum Gasteiger partial charge on any atom is -0.492 e. The van der Waals surface area contributed by atoms with Crippen LogP contribution >= 0.6 is 11.6 Å². The molecule has 0 aliphatic carbocycles. The SMILES string of the molecule is CCCCOc1ccc(-c2nn(-c3ccccc3)cc2/C=C(/C#N)C(=O)NC)cc1Cl. The van der Waals surface area contributed by atoms with E-state index >= 15 is 0 Å². The second-order valence-corrected chi connectivity index (χ2v) is 7.22. The van der Waals surface area contributed by atoms with E-state index in [1.165, 1.54) is 13.1 Å². The standard InChI is InChI=1S/C24H23ClN4O2/c1-3-4-12-31-22-11-10-17(14-21(22)25)23-19(13-18(15-26)24(30)27-2)16-29(28-23)20-8-6-5-7-9-20/h5-11,13-14,16H,3-4,12H2,1-2H3,(H,27,30)/b18-13-. The molecule has 0 saturated heterocycles. The van der Waals surface area contributed by atoms with Crippen molar-refractivity contribution in [2.24, 2.45) is 0 Å². The minimum absolute atomic E-state index is 0.0121. The Morgan fingerprint density at radius 2 is 2.06 bits per heavy atom. The van der Waals surface area contributed by atoms with Gasteiger partial charge in [-0.1, -0.05) is 43.1 Å². The van der Waals surface area contributed by atoms with Gasteiger partial charge in [0.15, 0.2) is 0 Å². The lowest BCUT2D eigenvalue weighted by Crippen LogP contribution is -2.19. The molecule has 2 aromatic carbocycles. The first-order valence-electron chi connectivity index (χ1n) is 9.99. The molecule has 0 aliphatic heterocycles. The number of rotatable bonds is 8. The van der Waals surface area contributed by atoms with E-state index < -0.39 is 5.91 Å². The predicted octanol–water partition coefficient (Wildman–Crippen LogP) is 5.02. The average molecular weight is 435 g/mol. The Balaban J connectivity index is 2.07. The van der Waals surface area contributed by atoms with Crippen LogP contribution in [0.3, 0.4) is 0 Å². The molecule has 6 nitrogen and oxygen atoms in total. The van der Waals surface area contributed by atoms with Gasteiger partial charge >= 0.3 is 0 Å². The van der Waals surface area contributed by atoms with Crippen LogP contribution in [0, 0.1) is 11.3 Å². The molecule has 0 fully saturated rings. The van der Waals surface area contributed by atoms with Gasteiger partial charge in [-0.2, -0.15) is 10.4 Å². The van der Waals surface area contributed by atoms with Crippen LogP contribution in [0.2, 0.25) is 5.02 Å². The average Bonchev–Trinajstić information content (AvgIpc) is 3.22. The zero-order valence-corrected chi connectivity index (χ0v) is 18.2. The fourth-order valence-corrected chi connectivity index (χ4v) is 3.20. The normalized spacial score (nSPS) is 11.1. The van der Waals surface area contributed by atoms with Crippen molar-refractivity contribution >= 4 is 23.6 Å². The van der Waals surface area contributed by atoms with Crippen molar-refractivity contribution in [3.8, 4) is 28.8 Å². The van der Waals surface area contributed by atoms with Crippen LogP contribution in [0.4, 0.5) is 0 Å². The number of nitrogens with one attached hydrogen (secondary N) is 1. The number of nitrogens with zero attached hydrogens (tertiary/aromatic N) is 3. The summed E-state index contributed by atoms with van der Waals surface area (Å²) in [6, 6.07) is 17.0.